The number of hydrazine groups is 1. The maximum absolute atomic E-state index is 12.4. The van der Waals surface area contributed by atoms with E-state index < -0.39 is 6.10 Å². The van der Waals surface area contributed by atoms with Crippen LogP contribution >= 0.6 is 0 Å². The molecule has 35 heavy (non-hydrogen) atoms. The number of carbonyl (C=O) groups excluding carboxylic acids is 1. The van der Waals surface area contributed by atoms with Crippen LogP contribution in [-0.4, -0.2) is 33.7 Å². The quantitative estimate of drug-likeness (QED) is 0.184. The van der Waals surface area contributed by atoms with Crippen molar-refractivity contribution in [2.24, 2.45) is 5.84 Å². The van der Waals surface area contributed by atoms with Gasteiger partial charge in [0.05, 0.1) is 23.0 Å². The second-order valence-electron chi connectivity index (χ2n) is 8.24. The van der Waals surface area contributed by atoms with Gasteiger partial charge in [-0.25, -0.2) is 10.5 Å². The van der Waals surface area contributed by atoms with Crippen molar-refractivity contribution < 1.29 is 14.7 Å². The number of nitrogens with zero attached hydrogens (tertiary/aromatic N) is 2. The van der Waals surface area contributed by atoms with E-state index in [0.717, 1.165) is 33.3 Å². The molecule has 0 saturated heterocycles. The summed E-state index contributed by atoms with van der Waals surface area (Å²) in [6, 6.07) is 19.2. The van der Waals surface area contributed by atoms with E-state index in [4.69, 9.17) is 15.7 Å². The van der Waals surface area contributed by atoms with E-state index in [1.165, 1.54) is 0 Å². The lowest BCUT2D eigenvalue weighted by Crippen LogP contribution is -2.27. The monoisotopic (exact) mass is 472 g/mol. The number of aromatic nitrogens is 2. The van der Waals surface area contributed by atoms with Gasteiger partial charge in [-0.1, -0.05) is 18.2 Å². The minimum atomic E-state index is -0.670. The zero-order valence-electron chi connectivity index (χ0n) is 19.6. The fraction of sp³-hybridized carbons (Fsp3) is 0.192. The number of hydroxylamine groups is 1. The lowest BCUT2D eigenvalue weighted by molar-refractivity contribution is -0.00690. The fourth-order valence-electron chi connectivity index (χ4n) is 3.65. The Kier molecular flexibility index (Phi) is 7.51. The van der Waals surface area contributed by atoms with Gasteiger partial charge in [0.15, 0.2) is 5.82 Å². The number of hydrogen-bond acceptors (Lipinski definition) is 8. The summed E-state index contributed by atoms with van der Waals surface area (Å²) in [4.78, 5) is 26.5. The van der Waals surface area contributed by atoms with Gasteiger partial charge in [0.1, 0.15) is 6.61 Å². The third-order valence-electron chi connectivity index (χ3n) is 5.43. The Labute approximate surface area is 203 Å². The molecule has 4 aromatic rings. The summed E-state index contributed by atoms with van der Waals surface area (Å²) < 4.78 is 0. The molecule has 0 radical (unpaired) electrons. The van der Waals surface area contributed by atoms with Gasteiger partial charge in [-0.3, -0.25) is 20.5 Å². The van der Waals surface area contributed by atoms with E-state index in [1.807, 2.05) is 55.5 Å². The second kappa shape index (κ2) is 10.9. The number of hydrogen-bond donors (Lipinski definition) is 5. The van der Waals surface area contributed by atoms with Crippen molar-refractivity contribution in [1.29, 1.82) is 0 Å². The first-order valence-corrected chi connectivity index (χ1v) is 11.2. The molecule has 1 amide bonds. The molecule has 9 heteroatoms. The third-order valence-corrected chi connectivity index (χ3v) is 5.43. The van der Waals surface area contributed by atoms with Crippen LogP contribution in [0.2, 0.25) is 0 Å². The normalized spacial score (nSPS) is 11.8. The number of amides is 1. The van der Waals surface area contributed by atoms with Gasteiger partial charge in [0.2, 0.25) is 0 Å². The van der Waals surface area contributed by atoms with Gasteiger partial charge < -0.3 is 15.8 Å². The number of fused-ring (bicyclic) bond motifs is 1. The van der Waals surface area contributed by atoms with Crippen molar-refractivity contribution in [3.8, 4) is 11.3 Å². The highest BCUT2D eigenvalue weighted by atomic mass is 16.7. The number of nitrogens with one attached hydrogen (secondary N) is 3. The summed E-state index contributed by atoms with van der Waals surface area (Å²) in [5.74, 6) is 5.94. The number of aliphatic hydroxyl groups is 1. The van der Waals surface area contributed by atoms with Crippen molar-refractivity contribution in [2.45, 2.75) is 26.5 Å². The summed E-state index contributed by atoms with van der Waals surface area (Å²) in [5.41, 5.74) is 10.6. The number of pyridine rings is 2. The summed E-state index contributed by atoms with van der Waals surface area (Å²) in [5, 5.41) is 13.7. The van der Waals surface area contributed by atoms with Crippen LogP contribution in [-0.2, 0) is 11.4 Å². The molecular weight excluding hydrogens is 444 g/mol. The molecule has 2 aromatic carbocycles. The zero-order valence-corrected chi connectivity index (χ0v) is 19.6. The van der Waals surface area contributed by atoms with Crippen molar-refractivity contribution >= 4 is 28.3 Å². The summed E-state index contributed by atoms with van der Waals surface area (Å²) in [6.45, 7) is 3.99. The van der Waals surface area contributed by atoms with Crippen LogP contribution in [0.5, 0.6) is 0 Å². The van der Waals surface area contributed by atoms with Crippen molar-refractivity contribution in [3.63, 3.8) is 0 Å². The molecule has 1 unspecified atom stereocenters. The number of rotatable bonds is 9. The van der Waals surface area contributed by atoms with Crippen LogP contribution in [0.3, 0.4) is 0 Å². The molecule has 0 saturated carbocycles. The summed E-state index contributed by atoms with van der Waals surface area (Å²) in [6.07, 6.45) is 1.11. The average Bonchev–Trinajstić information content (AvgIpc) is 2.86. The Morgan fingerprint density at radius 2 is 2.00 bits per heavy atom. The van der Waals surface area contributed by atoms with E-state index in [1.54, 1.807) is 19.2 Å². The van der Waals surface area contributed by atoms with Crippen LogP contribution in [0.1, 0.15) is 28.4 Å². The van der Waals surface area contributed by atoms with Crippen molar-refractivity contribution in [1.82, 2.24) is 15.4 Å². The summed E-state index contributed by atoms with van der Waals surface area (Å²) >= 11 is 0. The highest BCUT2D eigenvalue weighted by Crippen LogP contribution is 2.27. The molecule has 180 valence electrons. The van der Waals surface area contributed by atoms with E-state index in [2.05, 4.69) is 27.3 Å². The van der Waals surface area contributed by atoms with Gasteiger partial charge >= 0.3 is 0 Å². The Morgan fingerprint density at radius 3 is 2.77 bits per heavy atom. The standard InChI is InChI=1S/C26H28N6O3/c1-16-12-20(6-7-21(16)26(34)32-35-15-17(2)33)23-9-10-24(31-27)25(30-23)29-14-18-5-8-22-19(13-18)4-3-11-28-22/h3-13,17,31,33H,14-15,27H2,1-2H3,(H,29,30)(H,32,34). The molecule has 0 aliphatic carbocycles. The molecule has 0 fully saturated rings. The molecule has 0 bridgehead atoms. The largest absolute Gasteiger partial charge is 0.391 e. The van der Waals surface area contributed by atoms with Gasteiger partial charge in [-0.05, 0) is 67.4 Å². The Morgan fingerprint density at radius 1 is 1.14 bits per heavy atom. The number of benzene rings is 2. The molecule has 0 aliphatic rings. The molecule has 2 heterocycles. The van der Waals surface area contributed by atoms with Gasteiger partial charge in [0, 0.05) is 29.3 Å². The Balaban J connectivity index is 1.51. The molecule has 4 rings (SSSR count). The minimum absolute atomic E-state index is 0.0141. The molecule has 2 aromatic heterocycles. The SMILES string of the molecule is Cc1cc(-c2ccc(NN)c(NCc3ccc4ncccc4c3)n2)ccc1C(=O)NOCC(C)O. The van der Waals surface area contributed by atoms with Gasteiger partial charge in [0.25, 0.3) is 5.91 Å². The Hall–Kier alpha value is -4.05. The number of anilines is 2. The van der Waals surface area contributed by atoms with Gasteiger partial charge in [-0.15, -0.1) is 0 Å². The maximum atomic E-state index is 12.4. The number of aliphatic hydroxyl groups excluding tert-OH is 1. The van der Waals surface area contributed by atoms with Crippen LogP contribution in [0.4, 0.5) is 11.5 Å². The predicted molar refractivity (Wildman–Crippen MR) is 136 cm³/mol. The predicted octanol–water partition coefficient (Wildman–Crippen LogP) is 3.55. The molecule has 6 N–H and O–H groups in total. The summed E-state index contributed by atoms with van der Waals surface area (Å²) in [7, 11) is 0. The molecule has 9 nitrogen and oxygen atoms in total. The number of aryl methyl sites for hydroxylation is 1. The zero-order chi connectivity index (χ0) is 24.8. The molecule has 0 spiro atoms. The first kappa shape index (κ1) is 24.1. The van der Waals surface area contributed by atoms with Crippen LogP contribution in [0, 0.1) is 6.92 Å². The maximum Gasteiger partial charge on any atom is 0.275 e. The average molecular weight is 473 g/mol. The third kappa shape index (κ3) is 5.90. The second-order valence-corrected chi connectivity index (χ2v) is 8.24. The lowest BCUT2D eigenvalue weighted by atomic mass is 10.0. The lowest BCUT2D eigenvalue weighted by Gasteiger charge is -2.14. The smallest absolute Gasteiger partial charge is 0.275 e. The highest BCUT2D eigenvalue weighted by molar-refractivity contribution is 5.95. The van der Waals surface area contributed by atoms with Gasteiger partial charge in [-0.2, -0.15) is 0 Å². The van der Waals surface area contributed by atoms with E-state index >= 15 is 0 Å². The minimum Gasteiger partial charge on any atom is -0.391 e. The number of carbonyl (C=O) groups is 1. The Bertz CT molecular complexity index is 1340. The van der Waals surface area contributed by atoms with Crippen molar-refractivity contribution in [3.05, 3.63) is 83.6 Å². The molecule has 1 atom stereocenters. The highest BCUT2D eigenvalue weighted by Gasteiger charge is 2.13. The van der Waals surface area contributed by atoms with Crippen LogP contribution in [0.25, 0.3) is 22.2 Å². The topological polar surface area (TPSA) is 134 Å². The van der Waals surface area contributed by atoms with Crippen LogP contribution < -0.4 is 22.1 Å². The van der Waals surface area contributed by atoms with E-state index in [-0.39, 0.29) is 12.5 Å². The number of nitrogen functional groups attached to an aromatic ring is 1. The first-order chi connectivity index (χ1) is 16.9. The van der Waals surface area contributed by atoms with Crippen molar-refractivity contribution in [2.75, 3.05) is 17.3 Å². The van der Waals surface area contributed by atoms with Crippen LogP contribution in [0.15, 0.2) is 66.9 Å². The molecule has 0 aliphatic heterocycles. The van der Waals surface area contributed by atoms with E-state index in [0.29, 0.717) is 23.6 Å². The molecular formula is C26H28N6O3. The number of nitrogens with two attached hydrogens (primary N) is 1. The fourth-order valence-corrected chi connectivity index (χ4v) is 3.65. The van der Waals surface area contributed by atoms with E-state index in [9.17, 15) is 9.90 Å². The first-order valence-electron chi connectivity index (χ1n) is 11.2.